The molecule has 0 spiro atoms. The normalized spacial score (nSPS) is 20.5. The van der Waals surface area contributed by atoms with Gasteiger partial charge in [0.2, 0.25) is 0 Å². The number of benzene rings is 2. The maximum atomic E-state index is 12.5. The fraction of sp³-hybridized carbons (Fsp3) is 0.278. The number of rotatable bonds is 2. The number of ether oxygens (including phenoxy) is 2. The first-order valence-electron chi connectivity index (χ1n) is 7.27. The van der Waals surface area contributed by atoms with Crippen molar-refractivity contribution < 1.29 is 14.3 Å². The molecule has 0 aliphatic carbocycles. The van der Waals surface area contributed by atoms with E-state index in [2.05, 4.69) is 5.32 Å². The monoisotopic (exact) mass is 297 g/mol. The largest absolute Gasteiger partial charge is 0.490 e. The number of nitrogens with one attached hydrogen (secondary N) is 1. The predicted octanol–water partition coefficient (Wildman–Crippen LogP) is 2.55. The Morgan fingerprint density at radius 2 is 1.91 bits per heavy atom. The van der Waals surface area contributed by atoms with Gasteiger partial charge in [0.05, 0.1) is 7.11 Å². The molecule has 4 nitrogen and oxygen atoms in total. The van der Waals surface area contributed by atoms with Gasteiger partial charge in [0, 0.05) is 12.1 Å². The molecule has 0 bridgehead atoms. The van der Waals surface area contributed by atoms with E-state index in [0.717, 1.165) is 22.4 Å². The molecule has 114 valence electrons. The lowest BCUT2D eigenvalue weighted by Gasteiger charge is -2.30. The van der Waals surface area contributed by atoms with Gasteiger partial charge in [-0.2, -0.15) is 0 Å². The van der Waals surface area contributed by atoms with E-state index in [1.54, 1.807) is 0 Å². The van der Waals surface area contributed by atoms with Crippen LogP contribution in [0.2, 0.25) is 0 Å². The van der Waals surface area contributed by atoms with Crippen LogP contribution in [0.15, 0.2) is 48.5 Å². The van der Waals surface area contributed by atoms with Gasteiger partial charge in [-0.3, -0.25) is 5.32 Å². The molecule has 2 aromatic carbocycles. The Hall–Kier alpha value is -2.33. The number of hydrogen-bond donors (Lipinski definition) is 1. The molecule has 0 amide bonds. The molecule has 0 unspecified atom stereocenters. The number of aryl methyl sites for hydroxylation is 1. The Bertz CT molecular complexity index is 652. The Morgan fingerprint density at radius 1 is 1.18 bits per heavy atom. The van der Waals surface area contributed by atoms with Crippen LogP contribution >= 0.6 is 0 Å². The molecule has 1 aliphatic heterocycles. The standard InChI is InChI=1S/C18H19NO3/c1-13-7-9-15(10-8-13)18(17(20)21-2)12-22-16-6-4-3-5-14(16)11-19-18/h3-10,19H,11-12H2,1-2H3/t18-/m1/s1. The van der Waals surface area contributed by atoms with Gasteiger partial charge in [0.1, 0.15) is 12.4 Å². The van der Waals surface area contributed by atoms with Crippen LogP contribution in [-0.4, -0.2) is 19.7 Å². The third-order valence-corrected chi connectivity index (χ3v) is 4.08. The average molecular weight is 297 g/mol. The first-order valence-corrected chi connectivity index (χ1v) is 7.27. The fourth-order valence-corrected chi connectivity index (χ4v) is 2.72. The molecule has 1 atom stereocenters. The van der Waals surface area contributed by atoms with Crippen LogP contribution in [-0.2, 0) is 21.6 Å². The Morgan fingerprint density at radius 3 is 2.64 bits per heavy atom. The van der Waals surface area contributed by atoms with Crippen molar-refractivity contribution in [3.8, 4) is 5.75 Å². The van der Waals surface area contributed by atoms with Crippen LogP contribution in [0.3, 0.4) is 0 Å². The molecule has 0 saturated carbocycles. The van der Waals surface area contributed by atoms with E-state index in [4.69, 9.17) is 9.47 Å². The summed E-state index contributed by atoms with van der Waals surface area (Å²) in [5.41, 5.74) is 2.02. The zero-order chi connectivity index (χ0) is 15.6. The van der Waals surface area contributed by atoms with Crippen LogP contribution in [0.1, 0.15) is 16.7 Å². The Balaban J connectivity index is 2.02. The van der Waals surface area contributed by atoms with Crippen molar-refractivity contribution in [1.82, 2.24) is 5.32 Å². The smallest absolute Gasteiger partial charge is 0.334 e. The van der Waals surface area contributed by atoms with Crippen LogP contribution in [0, 0.1) is 6.92 Å². The highest BCUT2D eigenvalue weighted by molar-refractivity contribution is 5.83. The second-order valence-electron chi connectivity index (χ2n) is 5.51. The molecule has 3 rings (SSSR count). The molecule has 0 saturated heterocycles. The molecular formula is C18H19NO3. The summed E-state index contributed by atoms with van der Waals surface area (Å²) in [6, 6.07) is 15.7. The summed E-state index contributed by atoms with van der Waals surface area (Å²) < 4.78 is 11.0. The summed E-state index contributed by atoms with van der Waals surface area (Å²) in [6.07, 6.45) is 0. The van der Waals surface area contributed by atoms with Gasteiger partial charge in [0.25, 0.3) is 0 Å². The van der Waals surface area contributed by atoms with E-state index in [0.29, 0.717) is 6.54 Å². The molecule has 4 heteroatoms. The summed E-state index contributed by atoms with van der Waals surface area (Å²) >= 11 is 0. The molecule has 22 heavy (non-hydrogen) atoms. The number of carbonyl (C=O) groups is 1. The molecule has 2 aromatic rings. The third kappa shape index (κ3) is 2.46. The van der Waals surface area contributed by atoms with Gasteiger partial charge in [-0.1, -0.05) is 48.0 Å². The summed E-state index contributed by atoms with van der Waals surface area (Å²) in [4.78, 5) is 12.5. The van der Waals surface area contributed by atoms with E-state index in [9.17, 15) is 4.79 Å². The number of esters is 1. The fourth-order valence-electron chi connectivity index (χ4n) is 2.72. The summed E-state index contributed by atoms with van der Waals surface area (Å²) in [5, 5.41) is 3.34. The topological polar surface area (TPSA) is 47.6 Å². The van der Waals surface area contributed by atoms with Crippen molar-refractivity contribution in [2.24, 2.45) is 0 Å². The summed E-state index contributed by atoms with van der Waals surface area (Å²) in [5.74, 6) is 0.456. The minimum Gasteiger partial charge on any atom is -0.490 e. The SMILES string of the molecule is COC(=O)[C@]1(c2ccc(C)cc2)COc2ccccc2CN1. The minimum absolute atomic E-state index is 0.194. The van der Waals surface area contributed by atoms with Gasteiger partial charge < -0.3 is 9.47 Å². The van der Waals surface area contributed by atoms with Crippen LogP contribution < -0.4 is 10.1 Å². The van der Waals surface area contributed by atoms with Crippen LogP contribution in [0.5, 0.6) is 5.75 Å². The van der Waals surface area contributed by atoms with Crippen LogP contribution in [0.25, 0.3) is 0 Å². The van der Waals surface area contributed by atoms with E-state index < -0.39 is 5.54 Å². The van der Waals surface area contributed by atoms with Crippen molar-refractivity contribution >= 4 is 5.97 Å². The lowest BCUT2D eigenvalue weighted by atomic mass is 9.90. The van der Waals surface area contributed by atoms with E-state index in [1.807, 2.05) is 55.5 Å². The molecule has 0 fully saturated rings. The number of methoxy groups -OCH3 is 1. The van der Waals surface area contributed by atoms with Crippen molar-refractivity contribution in [1.29, 1.82) is 0 Å². The summed E-state index contributed by atoms with van der Waals surface area (Å²) in [6.45, 7) is 2.75. The zero-order valence-corrected chi connectivity index (χ0v) is 12.8. The zero-order valence-electron chi connectivity index (χ0n) is 12.8. The second-order valence-corrected chi connectivity index (χ2v) is 5.51. The van der Waals surface area contributed by atoms with Crippen molar-refractivity contribution in [3.63, 3.8) is 0 Å². The maximum Gasteiger partial charge on any atom is 0.334 e. The molecular weight excluding hydrogens is 278 g/mol. The highest BCUT2D eigenvalue weighted by atomic mass is 16.5. The minimum atomic E-state index is -0.999. The first kappa shape index (κ1) is 14.6. The van der Waals surface area contributed by atoms with Gasteiger partial charge in [-0.25, -0.2) is 4.79 Å². The lowest BCUT2D eigenvalue weighted by Crippen LogP contribution is -2.52. The molecule has 0 aromatic heterocycles. The number of para-hydroxylation sites is 1. The predicted molar refractivity (Wildman–Crippen MR) is 83.6 cm³/mol. The Labute approximate surface area is 130 Å². The molecule has 1 aliphatic rings. The van der Waals surface area contributed by atoms with E-state index >= 15 is 0 Å². The van der Waals surface area contributed by atoms with E-state index in [-0.39, 0.29) is 12.6 Å². The number of fused-ring (bicyclic) bond motifs is 1. The highest BCUT2D eigenvalue weighted by Crippen LogP contribution is 2.30. The highest BCUT2D eigenvalue weighted by Gasteiger charge is 2.43. The van der Waals surface area contributed by atoms with Crippen molar-refractivity contribution in [2.45, 2.75) is 19.0 Å². The summed E-state index contributed by atoms with van der Waals surface area (Å²) in [7, 11) is 1.40. The van der Waals surface area contributed by atoms with Gasteiger partial charge in [-0.05, 0) is 18.6 Å². The maximum absolute atomic E-state index is 12.5. The van der Waals surface area contributed by atoms with Gasteiger partial charge in [-0.15, -0.1) is 0 Å². The number of hydrogen-bond acceptors (Lipinski definition) is 4. The quantitative estimate of drug-likeness (QED) is 0.865. The van der Waals surface area contributed by atoms with Gasteiger partial charge >= 0.3 is 5.97 Å². The van der Waals surface area contributed by atoms with Crippen molar-refractivity contribution in [2.75, 3.05) is 13.7 Å². The Kier molecular flexibility index (Phi) is 3.86. The average Bonchev–Trinajstić information content (AvgIpc) is 2.76. The molecule has 0 radical (unpaired) electrons. The third-order valence-electron chi connectivity index (χ3n) is 4.08. The molecule has 1 N–H and O–H groups in total. The first-order chi connectivity index (χ1) is 10.7. The van der Waals surface area contributed by atoms with Crippen molar-refractivity contribution in [3.05, 3.63) is 65.2 Å². The number of carbonyl (C=O) groups excluding carboxylic acids is 1. The van der Waals surface area contributed by atoms with E-state index in [1.165, 1.54) is 7.11 Å². The lowest BCUT2D eigenvalue weighted by molar-refractivity contribution is -0.150. The molecule has 1 heterocycles. The van der Waals surface area contributed by atoms with Crippen LogP contribution in [0.4, 0.5) is 0 Å². The van der Waals surface area contributed by atoms with Gasteiger partial charge in [0.15, 0.2) is 5.54 Å². The second kappa shape index (κ2) is 5.81.